The highest BCUT2D eigenvalue weighted by Crippen LogP contribution is 2.42. The zero-order chi connectivity index (χ0) is 26.6. The molecular formula is C31H34F3N3O. The Balaban J connectivity index is 1.52. The van der Waals surface area contributed by atoms with Crippen LogP contribution in [0.5, 0.6) is 5.75 Å². The van der Waals surface area contributed by atoms with Crippen molar-refractivity contribution in [1.29, 1.82) is 0 Å². The van der Waals surface area contributed by atoms with Crippen LogP contribution in [0.15, 0.2) is 54.6 Å². The predicted molar refractivity (Wildman–Crippen MR) is 148 cm³/mol. The van der Waals surface area contributed by atoms with E-state index >= 15 is 4.39 Å². The first-order valence-corrected chi connectivity index (χ1v) is 13.3. The number of nitrogens with two attached hydrogens (primary N) is 1. The molecule has 2 aliphatic rings. The van der Waals surface area contributed by atoms with Crippen LogP contribution in [-0.4, -0.2) is 44.4 Å². The maximum atomic E-state index is 15.4. The molecule has 1 atom stereocenters. The Morgan fingerprint density at radius 1 is 1.00 bits per heavy atom. The van der Waals surface area contributed by atoms with Crippen molar-refractivity contribution in [2.24, 2.45) is 0 Å². The van der Waals surface area contributed by atoms with Gasteiger partial charge in [-0.3, -0.25) is 9.29 Å². The lowest BCUT2D eigenvalue weighted by Crippen LogP contribution is -2.26. The second-order valence-electron chi connectivity index (χ2n) is 10.1. The number of anilines is 2. The molecule has 3 aromatic carbocycles. The Hall–Kier alpha value is -3.45. The normalized spacial score (nSPS) is 17.8. The summed E-state index contributed by atoms with van der Waals surface area (Å²) in [5, 5.41) is 2.71. The Kier molecular flexibility index (Phi) is 7.93. The van der Waals surface area contributed by atoms with Gasteiger partial charge in [-0.1, -0.05) is 18.2 Å². The van der Waals surface area contributed by atoms with Crippen LogP contribution in [0, 0.1) is 11.6 Å². The average Bonchev–Trinajstić information content (AvgIpc) is 3.28. The third-order valence-corrected chi connectivity index (χ3v) is 7.51. The topological polar surface area (TPSA) is 50.5 Å². The second-order valence-corrected chi connectivity index (χ2v) is 10.1. The molecule has 3 N–H and O–H groups in total. The van der Waals surface area contributed by atoms with Gasteiger partial charge in [-0.25, -0.2) is 8.78 Å². The number of nitrogens with one attached hydrogen (secondary N) is 1. The zero-order valence-electron chi connectivity index (χ0n) is 21.7. The summed E-state index contributed by atoms with van der Waals surface area (Å²) in [5.74, 6) is -0.186. The van der Waals surface area contributed by atoms with E-state index in [1.807, 2.05) is 42.5 Å². The summed E-state index contributed by atoms with van der Waals surface area (Å²) in [6.45, 7) is 2.16. The van der Waals surface area contributed by atoms with E-state index in [1.54, 1.807) is 7.05 Å². The number of allylic oxidation sites excluding steroid dienone is 1. The summed E-state index contributed by atoms with van der Waals surface area (Å²) in [4.78, 5) is 2.23. The van der Waals surface area contributed by atoms with Crippen molar-refractivity contribution < 1.29 is 17.9 Å². The van der Waals surface area contributed by atoms with Gasteiger partial charge in [0, 0.05) is 44.0 Å². The minimum atomic E-state index is -0.488. The quantitative estimate of drug-likeness (QED) is 0.324. The molecule has 0 spiro atoms. The standard InChI is InChI=1S/C31H34F3N3O/c1-36-30-18-28(33)27(17-29(30)34)26-5-2-4-21-16-22(35)8-11-25(21)31(26)20-6-9-23(10-7-20)38-24-12-15-37(19-24)14-3-13-32/h6-11,16-18,24,36H,2-5,12-15,19,35H2,1H3. The van der Waals surface area contributed by atoms with Gasteiger partial charge in [0.05, 0.1) is 12.4 Å². The van der Waals surface area contributed by atoms with Gasteiger partial charge >= 0.3 is 0 Å². The van der Waals surface area contributed by atoms with E-state index < -0.39 is 11.6 Å². The molecule has 1 aliphatic carbocycles. The molecule has 0 amide bonds. The summed E-state index contributed by atoms with van der Waals surface area (Å²) >= 11 is 0. The molecule has 1 aliphatic heterocycles. The SMILES string of the molecule is CNc1cc(F)c(C2=C(c3ccc(OC4CCN(CCCF)C4)cc3)c3ccc(N)cc3CCC2)cc1F. The van der Waals surface area contributed by atoms with Gasteiger partial charge in [-0.2, -0.15) is 0 Å². The molecular weight excluding hydrogens is 487 g/mol. The minimum absolute atomic E-state index is 0.0691. The van der Waals surface area contributed by atoms with E-state index in [-0.39, 0.29) is 24.0 Å². The maximum absolute atomic E-state index is 15.4. The fourth-order valence-electron chi connectivity index (χ4n) is 5.65. The second kappa shape index (κ2) is 11.5. The van der Waals surface area contributed by atoms with Crippen LogP contribution in [0.3, 0.4) is 0 Å². The molecule has 1 unspecified atom stereocenters. The predicted octanol–water partition coefficient (Wildman–Crippen LogP) is 6.70. The molecule has 1 heterocycles. The first kappa shape index (κ1) is 26.2. The zero-order valence-corrected chi connectivity index (χ0v) is 21.7. The Morgan fingerprint density at radius 2 is 1.82 bits per heavy atom. The van der Waals surface area contributed by atoms with Gasteiger partial charge < -0.3 is 15.8 Å². The number of fused-ring (bicyclic) bond motifs is 1. The average molecular weight is 522 g/mol. The third-order valence-electron chi connectivity index (χ3n) is 7.51. The number of halogens is 3. The minimum Gasteiger partial charge on any atom is -0.489 e. The monoisotopic (exact) mass is 521 g/mol. The number of rotatable bonds is 8. The first-order chi connectivity index (χ1) is 18.5. The van der Waals surface area contributed by atoms with E-state index in [0.717, 1.165) is 72.5 Å². The lowest BCUT2D eigenvalue weighted by Gasteiger charge is -2.19. The molecule has 1 saturated heterocycles. The Bertz CT molecular complexity index is 1320. The highest BCUT2D eigenvalue weighted by Gasteiger charge is 2.25. The Labute approximate surface area is 222 Å². The number of nitrogens with zero attached hydrogens (tertiary/aromatic N) is 1. The summed E-state index contributed by atoms with van der Waals surface area (Å²) < 4.78 is 48.9. The van der Waals surface area contributed by atoms with E-state index in [4.69, 9.17) is 10.5 Å². The van der Waals surface area contributed by atoms with Crippen LogP contribution in [-0.2, 0) is 6.42 Å². The van der Waals surface area contributed by atoms with Crippen molar-refractivity contribution in [3.05, 3.63) is 88.5 Å². The smallest absolute Gasteiger partial charge is 0.147 e. The van der Waals surface area contributed by atoms with Gasteiger partial charge in [0.2, 0.25) is 0 Å². The number of ether oxygens (including phenoxy) is 1. The van der Waals surface area contributed by atoms with Crippen molar-refractivity contribution in [3.63, 3.8) is 0 Å². The molecule has 1 fully saturated rings. The van der Waals surface area contributed by atoms with Gasteiger partial charge in [0.15, 0.2) is 0 Å². The molecule has 0 aromatic heterocycles. The van der Waals surface area contributed by atoms with Crippen LogP contribution in [0.1, 0.15) is 47.9 Å². The molecule has 3 aromatic rings. The third kappa shape index (κ3) is 5.53. The molecule has 0 saturated carbocycles. The van der Waals surface area contributed by atoms with Crippen LogP contribution in [0.25, 0.3) is 11.1 Å². The molecule has 7 heteroatoms. The number of aryl methyl sites for hydroxylation is 1. The largest absolute Gasteiger partial charge is 0.489 e. The molecule has 38 heavy (non-hydrogen) atoms. The lowest BCUT2D eigenvalue weighted by atomic mass is 9.87. The summed E-state index contributed by atoms with van der Waals surface area (Å²) in [6, 6.07) is 16.2. The van der Waals surface area contributed by atoms with Crippen LogP contribution < -0.4 is 15.8 Å². The summed E-state index contributed by atoms with van der Waals surface area (Å²) in [5.41, 5.74) is 11.9. The van der Waals surface area contributed by atoms with Crippen molar-refractivity contribution in [2.45, 2.75) is 38.2 Å². The first-order valence-electron chi connectivity index (χ1n) is 13.3. The number of alkyl halides is 1. The van der Waals surface area contributed by atoms with Gasteiger partial charge in [0.25, 0.3) is 0 Å². The molecule has 5 rings (SSSR count). The lowest BCUT2D eigenvalue weighted by molar-refractivity contribution is 0.198. The van der Waals surface area contributed by atoms with E-state index in [9.17, 15) is 8.78 Å². The van der Waals surface area contributed by atoms with Crippen molar-refractivity contribution in [3.8, 4) is 5.75 Å². The fraction of sp³-hybridized carbons (Fsp3) is 0.355. The van der Waals surface area contributed by atoms with E-state index in [1.165, 1.54) is 12.1 Å². The highest BCUT2D eigenvalue weighted by atomic mass is 19.1. The van der Waals surface area contributed by atoms with E-state index in [0.29, 0.717) is 18.5 Å². The van der Waals surface area contributed by atoms with Crippen molar-refractivity contribution >= 4 is 22.5 Å². The number of nitrogen functional groups attached to an aromatic ring is 1. The Morgan fingerprint density at radius 3 is 2.58 bits per heavy atom. The number of hydrogen-bond acceptors (Lipinski definition) is 4. The summed E-state index contributed by atoms with van der Waals surface area (Å²) in [7, 11) is 1.57. The number of hydrogen-bond donors (Lipinski definition) is 2. The van der Waals surface area contributed by atoms with Gasteiger partial charge in [-0.15, -0.1) is 0 Å². The highest BCUT2D eigenvalue weighted by molar-refractivity contribution is 6.00. The van der Waals surface area contributed by atoms with Crippen LogP contribution in [0.2, 0.25) is 0 Å². The van der Waals surface area contributed by atoms with E-state index in [2.05, 4.69) is 10.2 Å². The van der Waals surface area contributed by atoms with Crippen LogP contribution >= 0.6 is 0 Å². The molecule has 4 nitrogen and oxygen atoms in total. The van der Waals surface area contributed by atoms with Gasteiger partial charge in [-0.05, 0) is 90.3 Å². The number of benzene rings is 3. The number of likely N-dealkylation sites (tertiary alicyclic amines) is 1. The molecule has 0 bridgehead atoms. The summed E-state index contributed by atoms with van der Waals surface area (Å²) in [6.07, 6.45) is 3.73. The molecule has 200 valence electrons. The van der Waals surface area contributed by atoms with Gasteiger partial charge in [0.1, 0.15) is 23.5 Å². The maximum Gasteiger partial charge on any atom is 0.147 e. The van der Waals surface area contributed by atoms with Crippen LogP contribution in [0.4, 0.5) is 24.5 Å². The fourth-order valence-corrected chi connectivity index (χ4v) is 5.65. The van der Waals surface area contributed by atoms with Crippen molar-refractivity contribution in [1.82, 2.24) is 4.90 Å². The van der Waals surface area contributed by atoms with Crippen molar-refractivity contribution in [2.75, 3.05) is 44.4 Å². The molecule has 0 radical (unpaired) electrons.